The molecule has 1 aliphatic heterocycles. The highest BCUT2D eigenvalue weighted by molar-refractivity contribution is 5.94. The first-order chi connectivity index (χ1) is 11.1. The number of hydrogen-bond acceptors (Lipinski definition) is 3. The Morgan fingerprint density at radius 2 is 2.04 bits per heavy atom. The summed E-state index contributed by atoms with van der Waals surface area (Å²) in [5.74, 6) is -0.237. The second-order valence-electron chi connectivity index (χ2n) is 6.13. The van der Waals surface area contributed by atoms with E-state index in [1.165, 1.54) is 0 Å². The molecular weight excluding hydrogens is 292 g/mol. The molecule has 1 aromatic rings. The molecule has 126 valence electrons. The summed E-state index contributed by atoms with van der Waals surface area (Å²) in [4.78, 5) is 26.6. The molecule has 2 amide bonds. The molecule has 1 N–H and O–H groups in total. The lowest BCUT2D eigenvalue weighted by molar-refractivity contribution is -0.137. The molecule has 1 unspecified atom stereocenters. The van der Waals surface area contributed by atoms with Crippen LogP contribution < -0.4 is 5.32 Å². The fourth-order valence-corrected chi connectivity index (χ4v) is 2.87. The van der Waals surface area contributed by atoms with Crippen LogP contribution in [-0.2, 0) is 14.3 Å². The predicted molar refractivity (Wildman–Crippen MR) is 90.2 cm³/mol. The molecule has 5 nitrogen and oxygen atoms in total. The number of carbonyl (C=O) groups is 2. The zero-order valence-electron chi connectivity index (χ0n) is 14.0. The second kappa shape index (κ2) is 8.67. The van der Waals surface area contributed by atoms with Gasteiger partial charge in [0.05, 0.1) is 6.61 Å². The van der Waals surface area contributed by atoms with Crippen LogP contribution in [0.25, 0.3) is 0 Å². The highest BCUT2D eigenvalue weighted by Crippen LogP contribution is 2.21. The maximum atomic E-state index is 12.6. The Labute approximate surface area is 138 Å². The number of carbonyl (C=O) groups excluding carboxylic acids is 2. The van der Waals surface area contributed by atoms with Gasteiger partial charge in [0, 0.05) is 38.2 Å². The van der Waals surface area contributed by atoms with Gasteiger partial charge >= 0.3 is 0 Å². The summed E-state index contributed by atoms with van der Waals surface area (Å²) in [6, 6.07) is 7.68. The Bertz CT molecular complexity index is 528. The summed E-state index contributed by atoms with van der Waals surface area (Å²) >= 11 is 0. The van der Waals surface area contributed by atoms with Crippen molar-refractivity contribution in [3.8, 4) is 0 Å². The van der Waals surface area contributed by atoms with E-state index in [-0.39, 0.29) is 24.2 Å². The Kier molecular flexibility index (Phi) is 6.59. The topological polar surface area (TPSA) is 58.6 Å². The second-order valence-corrected chi connectivity index (χ2v) is 6.13. The summed E-state index contributed by atoms with van der Waals surface area (Å²) in [6.07, 6.45) is 3.00. The van der Waals surface area contributed by atoms with E-state index in [1.807, 2.05) is 36.1 Å². The summed E-state index contributed by atoms with van der Waals surface area (Å²) in [6.45, 7) is 3.90. The van der Waals surface area contributed by atoms with E-state index in [0.29, 0.717) is 13.2 Å². The molecule has 1 saturated heterocycles. The van der Waals surface area contributed by atoms with Crippen molar-refractivity contribution in [2.45, 2.75) is 32.6 Å². The molecule has 0 radical (unpaired) electrons. The van der Waals surface area contributed by atoms with Crippen LogP contribution in [0.15, 0.2) is 24.3 Å². The average molecular weight is 318 g/mol. The van der Waals surface area contributed by atoms with E-state index in [2.05, 4.69) is 5.32 Å². The molecule has 2 rings (SSSR count). The average Bonchev–Trinajstić information content (AvgIpc) is 2.70. The monoisotopic (exact) mass is 318 g/mol. The van der Waals surface area contributed by atoms with E-state index in [9.17, 15) is 9.59 Å². The van der Waals surface area contributed by atoms with E-state index >= 15 is 0 Å². The van der Waals surface area contributed by atoms with Crippen LogP contribution in [0.3, 0.4) is 0 Å². The van der Waals surface area contributed by atoms with Gasteiger partial charge in [0.25, 0.3) is 0 Å². The number of nitrogens with zero attached hydrogens (tertiary/aromatic N) is 1. The smallest absolute Gasteiger partial charge is 0.226 e. The van der Waals surface area contributed by atoms with Crippen LogP contribution in [0.2, 0.25) is 0 Å². The fraction of sp³-hybridized carbons (Fsp3) is 0.556. The van der Waals surface area contributed by atoms with E-state index in [1.54, 1.807) is 7.11 Å². The maximum absolute atomic E-state index is 12.6. The molecule has 0 bridgehead atoms. The van der Waals surface area contributed by atoms with Crippen LogP contribution in [0.1, 0.15) is 31.2 Å². The van der Waals surface area contributed by atoms with Crippen LogP contribution in [-0.4, -0.2) is 43.5 Å². The van der Waals surface area contributed by atoms with Crippen molar-refractivity contribution in [1.29, 1.82) is 0 Å². The molecular formula is C18H26N2O3. The van der Waals surface area contributed by atoms with Gasteiger partial charge in [-0.3, -0.25) is 9.59 Å². The Morgan fingerprint density at radius 1 is 1.30 bits per heavy atom. The molecule has 23 heavy (non-hydrogen) atoms. The number of hydrogen-bond donors (Lipinski definition) is 1. The number of ether oxygens (including phenoxy) is 1. The Hall–Kier alpha value is -1.88. The van der Waals surface area contributed by atoms with E-state index in [4.69, 9.17) is 4.74 Å². The third kappa shape index (κ3) is 5.36. The number of nitrogens with one attached hydrogen (secondary N) is 1. The molecule has 1 fully saturated rings. The Balaban J connectivity index is 1.92. The fourth-order valence-electron chi connectivity index (χ4n) is 2.87. The third-order valence-electron chi connectivity index (χ3n) is 4.22. The summed E-state index contributed by atoms with van der Waals surface area (Å²) < 4.78 is 5.07. The molecule has 0 saturated carbocycles. The largest absolute Gasteiger partial charge is 0.383 e. The lowest BCUT2D eigenvalue weighted by atomic mass is 9.98. The molecule has 1 aromatic carbocycles. The summed E-state index contributed by atoms with van der Waals surface area (Å²) in [5, 5.41) is 2.88. The first kappa shape index (κ1) is 17.5. The van der Waals surface area contributed by atoms with Crippen LogP contribution in [0.4, 0.5) is 5.69 Å². The van der Waals surface area contributed by atoms with Crippen molar-refractivity contribution >= 4 is 17.5 Å². The lowest BCUT2D eigenvalue weighted by Crippen LogP contribution is -2.38. The number of amides is 2. The Morgan fingerprint density at radius 3 is 2.74 bits per heavy atom. The van der Waals surface area contributed by atoms with E-state index in [0.717, 1.165) is 37.1 Å². The minimum absolute atomic E-state index is 0.0820. The number of likely N-dealkylation sites (tertiary alicyclic amines) is 1. The highest BCUT2D eigenvalue weighted by Gasteiger charge is 2.28. The lowest BCUT2D eigenvalue weighted by Gasteiger charge is -2.23. The van der Waals surface area contributed by atoms with Crippen LogP contribution in [0, 0.1) is 12.8 Å². The molecule has 5 heteroatoms. The highest BCUT2D eigenvalue weighted by atomic mass is 16.5. The van der Waals surface area contributed by atoms with Crippen LogP contribution >= 0.6 is 0 Å². The molecule has 0 aromatic heterocycles. The van der Waals surface area contributed by atoms with Gasteiger partial charge < -0.3 is 15.0 Å². The summed E-state index contributed by atoms with van der Waals surface area (Å²) in [5.41, 5.74) is 1.92. The van der Waals surface area contributed by atoms with Gasteiger partial charge in [0.2, 0.25) is 11.8 Å². The molecule has 0 spiro atoms. The standard InChI is InChI=1S/C18H26N2O3/c1-14-6-8-16(9-7-14)19-17(21)13-15-5-3-4-10-20(18(15)22)11-12-23-2/h6-9,15H,3-5,10-13H2,1-2H3,(H,19,21). The molecule has 0 aliphatic carbocycles. The van der Waals surface area contributed by atoms with Crippen molar-refractivity contribution in [3.05, 3.63) is 29.8 Å². The van der Waals surface area contributed by atoms with Gasteiger partial charge in [-0.25, -0.2) is 0 Å². The first-order valence-corrected chi connectivity index (χ1v) is 8.24. The van der Waals surface area contributed by atoms with Crippen molar-refractivity contribution in [2.24, 2.45) is 5.92 Å². The minimum Gasteiger partial charge on any atom is -0.383 e. The van der Waals surface area contributed by atoms with Gasteiger partial charge in [-0.15, -0.1) is 0 Å². The SMILES string of the molecule is COCCN1CCCCC(CC(=O)Nc2ccc(C)cc2)C1=O. The predicted octanol–water partition coefficient (Wildman–Crippen LogP) is 2.60. The van der Waals surface area contributed by atoms with E-state index < -0.39 is 0 Å². The minimum atomic E-state index is -0.222. The summed E-state index contributed by atoms with van der Waals surface area (Å²) in [7, 11) is 1.63. The number of aryl methyl sites for hydroxylation is 1. The zero-order chi connectivity index (χ0) is 16.7. The number of methoxy groups -OCH3 is 1. The van der Waals surface area contributed by atoms with Gasteiger partial charge in [-0.2, -0.15) is 0 Å². The van der Waals surface area contributed by atoms with Gasteiger partial charge in [0.1, 0.15) is 0 Å². The third-order valence-corrected chi connectivity index (χ3v) is 4.22. The number of anilines is 1. The number of benzene rings is 1. The van der Waals surface area contributed by atoms with Gasteiger partial charge in [-0.05, 0) is 31.9 Å². The van der Waals surface area contributed by atoms with Crippen molar-refractivity contribution in [2.75, 3.05) is 32.1 Å². The first-order valence-electron chi connectivity index (χ1n) is 8.24. The molecule has 1 aliphatic rings. The van der Waals surface area contributed by atoms with Crippen molar-refractivity contribution < 1.29 is 14.3 Å². The molecule has 1 atom stereocenters. The van der Waals surface area contributed by atoms with Crippen LogP contribution in [0.5, 0.6) is 0 Å². The normalized spacial score (nSPS) is 18.6. The maximum Gasteiger partial charge on any atom is 0.226 e. The zero-order valence-corrected chi connectivity index (χ0v) is 14.0. The van der Waals surface area contributed by atoms with Crippen molar-refractivity contribution in [1.82, 2.24) is 4.90 Å². The van der Waals surface area contributed by atoms with Gasteiger partial charge in [0.15, 0.2) is 0 Å². The molecule has 1 heterocycles. The van der Waals surface area contributed by atoms with Crippen molar-refractivity contribution in [3.63, 3.8) is 0 Å². The quantitative estimate of drug-likeness (QED) is 0.877. The van der Waals surface area contributed by atoms with Gasteiger partial charge in [-0.1, -0.05) is 24.1 Å². The number of rotatable bonds is 6.